The molecule has 3 aromatic rings. The van der Waals surface area contributed by atoms with E-state index in [1.54, 1.807) is 19.1 Å². The largest absolute Gasteiger partial charge is 0.354 e. The number of benzene rings is 3. The van der Waals surface area contributed by atoms with Crippen LogP contribution in [0, 0.1) is 12.7 Å². The number of nitrogens with zero attached hydrogens (tertiary/aromatic N) is 2. The number of amides is 2. The number of halogens is 2. The van der Waals surface area contributed by atoms with E-state index in [0.29, 0.717) is 6.54 Å². The summed E-state index contributed by atoms with van der Waals surface area (Å²) in [5.74, 6) is -1.79. The number of carbonyl (C=O) groups is 2. The topological polar surface area (TPSA) is 86.8 Å². The molecule has 10 heteroatoms. The lowest BCUT2D eigenvalue weighted by molar-refractivity contribution is -0.139. The molecule has 39 heavy (non-hydrogen) atoms. The summed E-state index contributed by atoms with van der Waals surface area (Å²) < 4.78 is 44.0. The summed E-state index contributed by atoms with van der Waals surface area (Å²) in [5.41, 5.74) is 1.34. The molecule has 7 nitrogen and oxygen atoms in total. The highest BCUT2D eigenvalue weighted by Crippen LogP contribution is 2.27. The molecule has 3 aromatic carbocycles. The van der Waals surface area contributed by atoms with Gasteiger partial charge in [-0.25, -0.2) is 12.8 Å². The average Bonchev–Trinajstić information content (AvgIpc) is 2.90. The van der Waals surface area contributed by atoms with Crippen molar-refractivity contribution in [1.29, 1.82) is 0 Å². The van der Waals surface area contributed by atoms with Crippen LogP contribution in [0.2, 0.25) is 0 Å². The van der Waals surface area contributed by atoms with Crippen molar-refractivity contribution in [2.45, 2.75) is 51.1 Å². The number of sulfonamides is 1. The number of unbranched alkanes of at least 4 members (excludes halogenated alkanes) is 1. The molecule has 0 aliphatic heterocycles. The molecule has 208 valence electrons. The van der Waals surface area contributed by atoms with Gasteiger partial charge in [0.25, 0.3) is 10.0 Å². The van der Waals surface area contributed by atoms with Crippen LogP contribution in [-0.2, 0) is 26.2 Å². The number of rotatable bonds is 12. The van der Waals surface area contributed by atoms with E-state index in [2.05, 4.69) is 21.2 Å². The van der Waals surface area contributed by atoms with E-state index in [9.17, 15) is 22.4 Å². The Kier molecular flexibility index (Phi) is 10.7. The summed E-state index contributed by atoms with van der Waals surface area (Å²) in [7, 11) is -4.33. The molecule has 0 saturated heterocycles. The van der Waals surface area contributed by atoms with Crippen molar-refractivity contribution in [2.75, 3.05) is 17.4 Å². The Morgan fingerprint density at radius 3 is 2.36 bits per heavy atom. The molecule has 0 aliphatic rings. The van der Waals surface area contributed by atoms with E-state index in [1.165, 1.54) is 35.2 Å². The van der Waals surface area contributed by atoms with Crippen LogP contribution in [0.1, 0.15) is 37.8 Å². The predicted molar refractivity (Wildman–Crippen MR) is 154 cm³/mol. The Morgan fingerprint density at radius 1 is 1.03 bits per heavy atom. The van der Waals surface area contributed by atoms with Gasteiger partial charge in [0.05, 0.1) is 10.6 Å². The van der Waals surface area contributed by atoms with Crippen LogP contribution in [0.4, 0.5) is 10.1 Å². The van der Waals surface area contributed by atoms with Gasteiger partial charge in [-0.1, -0.05) is 71.2 Å². The van der Waals surface area contributed by atoms with Crippen LogP contribution in [0.3, 0.4) is 0 Å². The third-order valence-corrected chi connectivity index (χ3v) is 8.52. The summed E-state index contributed by atoms with van der Waals surface area (Å²) in [5, 5.41) is 2.84. The molecule has 1 atom stereocenters. The van der Waals surface area contributed by atoms with Gasteiger partial charge in [-0.3, -0.25) is 13.9 Å². The Labute approximate surface area is 238 Å². The highest BCUT2D eigenvalue weighted by molar-refractivity contribution is 9.10. The minimum Gasteiger partial charge on any atom is -0.354 e. The summed E-state index contributed by atoms with van der Waals surface area (Å²) in [6.07, 6.45) is 1.68. The molecule has 3 rings (SSSR count). The van der Waals surface area contributed by atoms with Crippen molar-refractivity contribution in [2.24, 2.45) is 0 Å². The zero-order chi connectivity index (χ0) is 28.6. The number of para-hydroxylation sites is 1. The van der Waals surface area contributed by atoms with Crippen molar-refractivity contribution in [3.05, 3.63) is 94.2 Å². The van der Waals surface area contributed by atoms with E-state index >= 15 is 0 Å². The maximum absolute atomic E-state index is 15.0. The average molecular weight is 619 g/mol. The monoisotopic (exact) mass is 617 g/mol. The fraction of sp³-hybridized carbons (Fsp3) is 0.310. The van der Waals surface area contributed by atoms with Crippen molar-refractivity contribution >= 4 is 43.5 Å². The van der Waals surface area contributed by atoms with Gasteiger partial charge in [0.2, 0.25) is 11.8 Å². The van der Waals surface area contributed by atoms with Gasteiger partial charge >= 0.3 is 0 Å². The molecule has 0 aliphatic carbocycles. The minimum atomic E-state index is -4.33. The van der Waals surface area contributed by atoms with Gasteiger partial charge in [-0.05, 0) is 62.2 Å². The van der Waals surface area contributed by atoms with Crippen LogP contribution in [0.25, 0.3) is 0 Å². The summed E-state index contributed by atoms with van der Waals surface area (Å²) in [6.45, 7) is 5.24. The number of carbonyl (C=O) groups excluding carboxylic acids is 2. The first-order chi connectivity index (χ1) is 18.5. The number of aryl methyl sites for hydroxylation is 1. The Hall–Kier alpha value is -3.24. The van der Waals surface area contributed by atoms with Crippen LogP contribution < -0.4 is 9.62 Å². The fourth-order valence-electron chi connectivity index (χ4n) is 3.96. The Morgan fingerprint density at radius 2 is 1.72 bits per heavy atom. The van der Waals surface area contributed by atoms with Crippen LogP contribution >= 0.6 is 15.9 Å². The first-order valence-electron chi connectivity index (χ1n) is 12.7. The molecule has 0 bridgehead atoms. The van der Waals surface area contributed by atoms with Gasteiger partial charge in [0.15, 0.2) is 0 Å². The third-order valence-electron chi connectivity index (χ3n) is 6.25. The van der Waals surface area contributed by atoms with E-state index in [4.69, 9.17) is 0 Å². The molecule has 0 spiro atoms. The smallest absolute Gasteiger partial charge is 0.264 e. The first kappa shape index (κ1) is 30.3. The Bertz CT molecular complexity index is 1400. The molecule has 0 fully saturated rings. The summed E-state index contributed by atoms with van der Waals surface area (Å²) >= 11 is 3.42. The maximum Gasteiger partial charge on any atom is 0.264 e. The number of anilines is 1. The van der Waals surface area contributed by atoms with Gasteiger partial charge < -0.3 is 10.2 Å². The second-order valence-electron chi connectivity index (χ2n) is 9.25. The lowest BCUT2D eigenvalue weighted by Crippen LogP contribution is -2.51. The molecular formula is C29H33BrFN3O4S. The normalized spacial score (nSPS) is 12.0. The lowest BCUT2D eigenvalue weighted by atomic mass is 10.1. The second kappa shape index (κ2) is 13.7. The number of nitrogens with one attached hydrogen (secondary N) is 1. The van der Waals surface area contributed by atoms with E-state index in [0.717, 1.165) is 38.8 Å². The molecule has 0 saturated carbocycles. The highest BCUT2D eigenvalue weighted by Gasteiger charge is 2.33. The van der Waals surface area contributed by atoms with Crippen molar-refractivity contribution < 1.29 is 22.4 Å². The van der Waals surface area contributed by atoms with Crippen LogP contribution in [-0.4, -0.2) is 44.3 Å². The van der Waals surface area contributed by atoms with Crippen LogP contribution in [0.15, 0.2) is 82.2 Å². The van der Waals surface area contributed by atoms with Gasteiger partial charge in [-0.15, -0.1) is 0 Å². The lowest BCUT2D eigenvalue weighted by Gasteiger charge is -2.32. The molecule has 1 N–H and O–H groups in total. The minimum absolute atomic E-state index is 0.0519. The molecule has 0 heterocycles. The van der Waals surface area contributed by atoms with E-state index in [-0.39, 0.29) is 23.0 Å². The quantitative estimate of drug-likeness (QED) is 0.275. The molecule has 0 unspecified atom stereocenters. The zero-order valence-electron chi connectivity index (χ0n) is 22.2. The van der Waals surface area contributed by atoms with E-state index in [1.807, 2.05) is 38.1 Å². The molecular weight excluding hydrogens is 585 g/mol. The third kappa shape index (κ3) is 7.89. The van der Waals surface area contributed by atoms with E-state index < -0.39 is 34.3 Å². The fourth-order valence-corrected chi connectivity index (χ4v) is 5.82. The summed E-state index contributed by atoms with van der Waals surface area (Å²) in [4.78, 5) is 28.1. The second-order valence-corrected chi connectivity index (χ2v) is 12.0. The van der Waals surface area contributed by atoms with Gasteiger partial charge in [0.1, 0.15) is 18.4 Å². The maximum atomic E-state index is 15.0. The predicted octanol–water partition coefficient (Wildman–Crippen LogP) is 5.43. The zero-order valence-corrected chi connectivity index (χ0v) is 24.6. The molecule has 0 aromatic heterocycles. The van der Waals surface area contributed by atoms with Crippen molar-refractivity contribution in [1.82, 2.24) is 10.2 Å². The summed E-state index contributed by atoms with van der Waals surface area (Å²) in [6, 6.07) is 17.9. The molecule has 2 amide bonds. The first-order valence-corrected chi connectivity index (χ1v) is 14.9. The highest BCUT2D eigenvalue weighted by atomic mass is 79.9. The Balaban J connectivity index is 2.01. The van der Waals surface area contributed by atoms with Crippen LogP contribution in [0.5, 0.6) is 0 Å². The van der Waals surface area contributed by atoms with Gasteiger partial charge in [-0.2, -0.15) is 0 Å². The van der Waals surface area contributed by atoms with Gasteiger partial charge in [0, 0.05) is 17.6 Å². The van der Waals surface area contributed by atoms with Crippen molar-refractivity contribution in [3.8, 4) is 0 Å². The SMILES string of the molecule is CCCCNC(=O)[C@H](C)N(Cc1cccc(Br)c1)C(=O)CN(c1ccccc1F)S(=O)(=O)c1ccc(C)cc1. The number of hydrogen-bond donors (Lipinski definition) is 1. The van der Waals surface area contributed by atoms with Crippen molar-refractivity contribution in [3.63, 3.8) is 0 Å². The molecule has 0 radical (unpaired) electrons. The number of hydrogen-bond acceptors (Lipinski definition) is 4. The standard InChI is InChI=1S/C29H33BrFN3O4S/c1-4-5-17-32-29(36)22(3)33(19-23-9-8-10-24(30)18-23)28(35)20-34(27-12-7-6-11-26(27)31)39(37,38)25-15-13-21(2)14-16-25/h6-16,18,22H,4-5,17,19-20H2,1-3H3,(H,32,36)/t22-/m0/s1.